The average molecular weight is 247 g/mol. The average Bonchev–Trinajstić information content (AvgIpc) is 3.02. The number of aromatic nitrogens is 2. The van der Waals surface area contributed by atoms with Crippen molar-refractivity contribution < 1.29 is 0 Å². The van der Waals surface area contributed by atoms with Crippen molar-refractivity contribution in [3.8, 4) is 10.6 Å². The molecule has 90 valence electrons. The second-order valence-corrected chi connectivity index (χ2v) is 5.77. The summed E-state index contributed by atoms with van der Waals surface area (Å²) in [6, 6.07) is 2.08. The molecule has 2 aromatic heterocycles. The van der Waals surface area contributed by atoms with Crippen LogP contribution in [0.4, 0.5) is 0 Å². The third kappa shape index (κ3) is 2.28. The first kappa shape index (κ1) is 11.0. The minimum atomic E-state index is 0.799. The first-order chi connectivity index (χ1) is 8.33. The third-order valence-corrected chi connectivity index (χ3v) is 4.60. The molecule has 0 spiro atoms. The van der Waals surface area contributed by atoms with Crippen molar-refractivity contribution in [2.75, 3.05) is 13.1 Å². The molecule has 0 bridgehead atoms. The summed E-state index contributed by atoms with van der Waals surface area (Å²) in [6.45, 7) is 4.47. The van der Waals surface area contributed by atoms with E-state index in [1.165, 1.54) is 35.5 Å². The van der Waals surface area contributed by atoms with Crippen molar-refractivity contribution in [2.45, 2.75) is 19.8 Å². The quantitative estimate of drug-likeness (QED) is 0.875. The Labute approximate surface area is 105 Å². The Bertz CT molecular complexity index is 481. The third-order valence-electron chi connectivity index (χ3n) is 3.37. The minimum absolute atomic E-state index is 0.799. The number of hydrogen-bond acceptors (Lipinski definition) is 3. The molecule has 17 heavy (non-hydrogen) atoms. The summed E-state index contributed by atoms with van der Waals surface area (Å²) < 4.78 is 0. The Hall–Kier alpha value is -1.13. The highest BCUT2D eigenvalue weighted by Gasteiger charge is 2.18. The van der Waals surface area contributed by atoms with E-state index in [9.17, 15) is 0 Å². The van der Waals surface area contributed by atoms with Gasteiger partial charge in [-0.15, -0.1) is 11.3 Å². The molecule has 1 aliphatic rings. The van der Waals surface area contributed by atoms with Gasteiger partial charge in [0.1, 0.15) is 5.01 Å². The lowest BCUT2D eigenvalue weighted by molar-refractivity contribution is 0.583. The van der Waals surface area contributed by atoms with Gasteiger partial charge in [0, 0.05) is 22.8 Å². The number of hydrogen-bond donors (Lipinski definition) is 2. The van der Waals surface area contributed by atoms with Gasteiger partial charge in [0.25, 0.3) is 0 Å². The van der Waals surface area contributed by atoms with Crippen molar-refractivity contribution in [1.82, 2.24) is 15.3 Å². The van der Waals surface area contributed by atoms with Gasteiger partial charge in [-0.05, 0) is 44.8 Å². The summed E-state index contributed by atoms with van der Waals surface area (Å²) in [4.78, 5) is 9.21. The van der Waals surface area contributed by atoms with E-state index in [1.54, 1.807) is 0 Å². The van der Waals surface area contributed by atoms with Crippen LogP contribution in [0.1, 0.15) is 17.0 Å². The van der Waals surface area contributed by atoms with Gasteiger partial charge in [0.15, 0.2) is 0 Å². The Balaban J connectivity index is 1.80. The molecule has 1 atom stereocenters. The number of rotatable bonds is 3. The molecule has 1 fully saturated rings. The minimum Gasteiger partial charge on any atom is -0.367 e. The molecule has 3 nitrogen and oxygen atoms in total. The molecular formula is C13H17N3S. The van der Waals surface area contributed by atoms with E-state index in [0.29, 0.717) is 0 Å². The largest absolute Gasteiger partial charge is 0.367 e. The fourth-order valence-electron chi connectivity index (χ4n) is 2.35. The van der Waals surface area contributed by atoms with Crippen LogP contribution in [-0.4, -0.2) is 23.1 Å². The van der Waals surface area contributed by atoms with Gasteiger partial charge < -0.3 is 10.3 Å². The molecular weight excluding hydrogens is 230 g/mol. The lowest BCUT2D eigenvalue weighted by Crippen LogP contribution is -2.10. The van der Waals surface area contributed by atoms with Gasteiger partial charge in [-0.2, -0.15) is 0 Å². The molecule has 1 aliphatic heterocycles. The SMILES string of the molecule is Cc1nc(-c2cc[nH]c2)sc1CC1CCNC1. The highest BCUT2D eigenvalue weighted by atomic mass is 32.1. The number of aromatic amines is 1. The Morgan fingerprint density at radius 2 is 2.47 bits per heavy atom. The maximum atomic E-state index is 4.67. The van der Waals surface area contributed by atoms with Crippen LogP contribution < -0.4 is 5.32 Å². The van der Waals surface area contributed by atoms with E-state index < -0.39 is 0 Å². The standard InChI is InChI=1S/C13H17N3S/c1-9-12(6-10-2-4-14-7-10)17-13(16-9)11-3-5-15-8-11/h3,5,8,10,14-15H,2,4,6-7H2,1H3. The second kappa shape index (κ2) is 4.63. The van der Waals surface area contributed by atoms with E-state index in [4.69, 9.17) is 0 Å². The van der Waals surface area contributed by atoms with Gasteiger partial charge in [-0.1, -0.05) is 0 Å². The Kier molecular flexibility index (Phi) is 2.99. The van der Waals surface area contributed by atoms with Gasteiger partial charge in [-0.3, -0.25) is 0 Å². The molecule has 1 saturated heterocycles. The van der Waals surface area contributed by atoms with Crippen LogP contribution in [0.15, 0.2) is 18.5 Å². The fraction of sp³-hybridized carbons (Fsp3) is 0.462. The van der Waals surface area contributed by atoms with Crippen LogP contribution in [0.2, 0.25) is 0 Å². The first-order valence-corrected chi connectivity index (χ1v) is 6.95. The molecule has 0 saturated carbocycles. The first-order valence-electron chi connectivity index (χ1n) is 6.13. The zero-order valence-electron chi connectivity index (χ0n) is 9.99. The van der Waals surface area contributed by atoms with E-state index in [-0.39, 0.29) is 0 Å². The van der Waals surface area contributed by atoms with Crippen LogP contribution in [0.25, 0.3) is 10.6 Å². The fourth-order valence-corrected chi connectivity index (χ4v) is 3.52. The van der Waals surface area contributed by atoms with Gasteiger partial charge in [0.2, 0.25) is 0 Å². The molecule has 2 aromatic rings. The van der Waals surface area contributed by atoms with E-state index >= 15 is 0 Å². The van der Waals surface area contributed by atoms with Crippen LogP contribution in [0.3, 0.4) is 0 Å². The highest BCUT2D eigenvalue weighted by Crippen LogP contribution is 2.30. The maximum Gasteiger partial charge on any atom is 0.125 e. The van der Waals surface area contributed by atoms with Gasteiger partial charge in [0.05, 0.1) is 5.69 Å². The van der Waals surface area contributed by atoms with Crippen molar-refractivity contribution in [1.29, 1.82) is 0 Å². The predicted molar refractivity (Wildman–Crippen MR) is 71.3 cm³/mol. The van der Waals surface area contributed by atoms with Gasteiger partial charge >= 0.3 is 0 Å². The lowest BCUT2D eigenvalue weighted by atomic mass is 10.0. The van der Waals surface area contributed by atoms with Crippen LogP contribution in [-0.2, 0) is 6.42 Å². The molecule has 4 heteroatoms. The zero-order chi connectivity index (χ0) is 11.7. The summed E-state index contributed by atoms with van der Waals surface area (Å²) in [5.74, 6) is 0.799. The number of aryl methyl sites for hydroxylation is 1. The number of nitrogens with zero attached hydrogens (tertiary/aromatic N) is 1. The molecule has 0 aliphatic carbocycles. The smallest absolute Gasteiger partial charge is 0.125 e. The Morgan fingerprint density at radius 1 is 1.53 bits per heavy atom. The zero-order valence-corrected chi connectivity index (χ0v) is 10.8. The van der Waals surface area contributed by atoms with E-state index in [1.807, 2.05) is 23.7 Å². The molecule has 3 heterocycles. The predicted octanol–water partition coefficient (Wildman–Crippen LogP) is 2.60. The lowest BCUT2D eigenvalue weighted by Gasteiger charge is -2.05. The monoisotopic (exact) mass is 247 g/mol. The highest BCUT2D eigenvalue weighted by molar-refractivity contribution is 7.15. The normalized spacial score (nSPS) is 19.9. The molecule has 1 unspecified atom stereocenters. The molecule has 0 amide bonds. The molecule has 3 rings (SSSR count). The van der Waals surface area contributed by atoms with Crippen molar-refractivity contribution in [3.05, 3.63) is 29.0 Å². The summed E-state index contributed by atoms with van der Waals surface area (Å²) in [5.41, 5.74) is 2.41. The summed E-state index contributed by atoms with van der Waals surface area (Å²) in [6.07, 6.45) is 6.45. The number of thiazole rings is 1. The van der Waals surface area contributed by atoms with Gasteiger partial charge in [-0.25, -0.2) is 4.98 Å². The van der Waals surface area contributed by atoms with Crippen molar-refractivity contribution in [3.63, 3.8) is 0 Å². The summed E-state index contributed by atoms with van der Waals surface area (Å²) >= 11 is 1.85. The number of H-pyrrole nitrogens is 1. The number of nitrogens with one attached hydrogen (secondary N) is 2. The Morgan fingerprint density at radius 3 is 3.18 bits per heavy atom. The van der Waals surface area contributed by atoms with Crippen LogP contribution in [0.5, 0.6) is 0 Å². The van der Waals surface area contributed by atoms with Crippen molar-refractivity contribution >= 4 is 11.3 Å². The van der Waals surface area contributed by atoms with Crippen LogP contribution >= 0.6 is 11.3 Å². The molecule has 2 N–H and O–H groups in total. The summed E-state index contributed by atoms with van der Waals surface area (Å²) in [7, 11) is 0. The topological polar surface area (TPSA) is 40.7 Å². The maximum absolute atomic E-state index is 4.67. The van der Waals surface area contributed by atoms with E-state index in [2.05, 4.69) is 28.3 Å². The van der Waals surface area contributed by atoms with Crippen LogP contribution in [0, 0.1) is 12.8 Å². The van der Waals surface area contributed by atoms with Crippen molar-refractivity contribution in [2.24, 2.45) is 5.92 Å². The summed E-state index contributed by atoms with van der Waals surface area (Å²) in [5, 5.41) is 4.57. The molecule has 0 radical (unpaired) electrons. The van der Waals surface area contributed by atoms with E-state index in [0.717, 1.165) is 17.5 Å². The second-order valence-electron chi connectivity index (χ2n) is 4.69. The molecule has 0 aromatic carbocycles.